The summed E-state index contributed by atoms with van der Waals surface area (Å²) in [6.45, 7) is 0.530. The molecule has 1 heterocycles. The molecule has 0 aliphatic carbocycles. The van der Waals surface area contributed by atoms with Gasteiger partial charge in [0.15, 0.2) is 6.29 Å². The zero-order valence-corrected chi connectivity index (χ0v) is 6.19. The molecule has 0 radical (unpaired) electrons. The molecule has 1 aliphatic rings. The third kappa shape index (κ3) is 2.46. The summed E-state index contributed by atoms with van der Waals surface area (Å²) in [5, 5.41) is 16.8. The van der Waals surface area contributed by atoms with E-state index in [1.54, 1.807) is 0 Å². The molecule has 0 spiro atoms. The van der Waals surface area contributed by atoms with Gasteiger partial charge < -0.3 is 14.6 Å². The Balaban J connectivity index is 2.19. The van der Waals surface area contributed by atoms with Crippen LogP contribution in [0.2, 0.25) is 0 Å². The van der Waals surface area contributed by atoms with Crippen LogP contribution in [0.25, 0.3) is 0 Å². The topological polar surface area (TPSA) is 62.5 Å². The number of hydrogen-bond donors (Lipinski definition) is 1. The molecule has 1 saturated heterocycles. The van der Waals surface area contributed by atoms with Crippen LogP contribution in [0.15, 0.2) is 0 Å². The molecule has 1 rings (SSSR count). The summed E-state index contributed by atoms with van der Waals surface area (Å²) in [5.41, 5.74) is 0. The molecule has 4 nitrogen and oxygen atoms in total. The smallest absolute Gasteiger partial charge is 0.160 e. The zero-order chi connectivity index (χ0) is 8.10. The fraction of sp³-hybridized carbons (Fsp3) is 0.857. The lowest BCUT2D eigenvalue weighted by molar-refractivity contribution is -0.0684. The highest BCUT2D eigenvalue weighted by atomic mass is 16.7. The SMILES string of the molecule is N#CCC1COC(CCO)O1. The van der Waals surface area contributed by atoms with Gasteiger partial charge in [0, 0.05) is 13.0 Å². The van der Waals surface area contributed by atoms with Crippen LogP contribution in [0.1, 0.15) is 12.8 Å². The molecule has 0 aromatic carbocycles. The minimum atomic E-state index is -0.307. The van der Waals surface area contributed by atoms with Gasteiger partial charge >= 0.3 is 0 Å². The highest BCUT2D eigenvalue weighted by molar-refractivity contribution is 4.78. The monoisotopic (exact) mass is 157 g/mol. The second kappa shape index (κ2) is 4.29. The summed E-state index contributed by atoms with van der Waals surface area (Å²) in [5.74, 6) is 0. The van der Waals surface area contributed by atoms with Gasteiger partial charge in [-0.2, -0.15) is 5.26 Å². The minimum Gasteiger partial charge on any atom is -0.396 e. The summed E-state index contributed by atoms with van der Waals surface area (Å²) in [6, 6.07) is 2.00. The van der Waals surface area contributed by atoms with Crippen LogP contribution in [0.5, 0.6) is 0 Å². The Morgan fingerprint density at radius 2 is 2.45 bits per heavy atom. The number of rotatable bonds is 3. The summed E-state index contributed by atoms with van der Waals surface area (Å²) < 4.78 is 10.4. The van der Waals surface area contributed by atoms with Gasteiger partial charge in [0.2, 0.25) is 0 Å². The Morgan fingerprint density at radius 3 is 3.09 bits per heavy atom. The molecule has 0 aromatic rings. The van der Waals surface area contributed by atoms with E-state index in [2.05, 4.69) is 0 Å². The first-order valence-corrected chi connectivity index (χ1v) is 3.61. The highest BCUT2D eigenvalue weighted by Gasteiger charge is 2.24. The molecule has 1 aliphatic heterocycles. The number of nitriles is 1. The molecule has 1 fully saturated rings. The number of ether oxygens (including phenoxy) is 2. The molecule has 2 atom stereocenters. The maximum Gasteiger partial charge on any atom is 0.160 e. The maximum atomic E-state index is 8.52. The van der Waals surface area contributed by atoms with Gasteiger partial charge in [-0.15, -0.1) is 0 Å². The first-order chi connectivity index (χ1) is 5.36. The number of hydrogen-bond acceptors (Lipinski definition) is 4. The summed E-state index contributed by atoms with van der Waals surface area (Å²) in [4.78, 5) is 0. The molecule has 0 aromatic heterocycles. The van der Waals surface area contributed by atoms with Crippen LogP contribution in [-0.4, -0.2) is 30.7 Å². The first-order valence-electron chi connectivity index (χ1n) is 3.61. The largest absolute Gasteiger partial charge is 0.396 e. The van der Waals surface area contributed by atoms with Gasteiger partial charge in [0.05, 0.1) is 25.2 Å². The average Bonchev–Trinajstić information content (AvgIpc) is 2.38. The minimum absolute atomic E-state index is 0.0595. The van der Waals surface area contributed by atoms with Crippen LogP contribution >= 0.6 is 0 Å². The highest BCUT2D eigenvalue weighted by Crippen LogP contribution is 2.15. The third-order valence-corrected chi connectivity index (χ3v) is 1.50. The van der Waals surface area contributed by atoms with Gasteiger partial charge in [-0.25, -0.2) is 0 Å². The van der Waals surface area contributed by atoms with E-state index in [4.69, 9.17) is 19.8 Å². The Kier molecular flexibility index (Phi) is 3.30. The van der Waals surface area contributed by atoms with E-state index in [0.29, 0.717) is 19.4 Å². The Bertz CT molecular complexity index is 154. The van der Waals surface area contributed by atoms with Crippen molar-refractivity contribution in [2.24, 2.45) is 0 Å². The van der Waals surface area contributed by atoms with E-state index in [-0.39, 0.29) is 19.0 Å². The van der Waals surface area contributed by atoms with Crippen molar-refractivity contribution >= 4 is 0 Å². The van der Waals surface area contributed by atoms with E-state index in [1.807, 2.05) is 6.07 Å². The fourth-order valence-electron chi connectivity index (χ4n) is 0.974. The molecule has 0 saturated carbocycles. The summed E-state index contributed by atoms with van der Waals surface area (Å²) >= 11 is 0. The molecule has 11 heavy (non-hydrogen) atoms. The van der Waals surface area contributed by atoms with Crippen molar-refractivity contribution < 1.29 is 14.6 Å². The first kappa shape index (κ1) is 8.47. The van der Waals surface area contributed by atoms with Crippen LogP contribution in [0.4, 0.5) is 0 Å². The van der Waals surface area contributed by atoms with E-state index in [0.717, 1.165) is 0 Å². The zero-order valence-electron chi connectivity index (χ0n) is 6.19. The molecule has 62 valence electrons. The maximum absolute atomic E-state index is 8.52. The molecule has 0 bridgehead atoms. The van der Waals surface area contributed by atoms with Crippen molar-refractivity contribution in [3.63, 3.8) is 0 Å². The Morgan fingerprint density at radius 1 is 1.64 bits per heavy atom. The number of aliphatic hydroxyl groups is 1. The van der Waals surface area contributed by atoms with Gasteiger partial charge in [-0.3, -0.25) is 0 Å². The lowest BCUT2D eigenvalue weighted by atomic mass is 10.3. The lowest BCUT2D eigenvalue weighted by Gasteiger charge is -2.06. The van der Waals surface area contributed by atoms with Gasteiger partial charge in [0.1, 0.15) is 0 Å². The second-order valence-corrected chi connectivity index (χ2v) is 2.40. The van der Waals surface area contributed by atoms with Crippen molar-refractivity contribution in [3.8, 4) is 6.07 Å². The molecular weight excluding hydrogens is 146 g/mol. The van der Waals surface area contributed by atoms with Crippen LogP contribution in [0, 0.1) is 11.3 Å². The second-order valence-electron chi connectivity index (χ2n) is 2.40. The fourth-order valence-corrected chi connectivity index (χ4v) is 0.974. The van der Waals surface area contributed by atoms with Gasteiger partial charge in [0.25, 0.3) is 0 Å². The standard InChI is InChI=1S/C7H11NO3/c8-3-1-6-5-10-7(11-6)2-4-9/h6-7,9H,1-2,4-5H2. The number of nitrogens with zero attached hydrogens (tertiary/aromatic N) is 1. The summed E-state index contributed by atoms with van der Waals surface area (Å²) in [6.07, 6.45) is 0.444. The average molecular weight is 157 g/mol. The van der Waals surface area contributed by atoms with Gasteiger partial charge in [-0.05, 0) is 0 Å². The van der Waals surface area contributed by atoms with Crippen molar-refractivity contribution in [1.82, 2.24) is 0 Å². The lowest BCUT2D eigenvalue weighted by Crippen LogP contribution is -2.12. The predicted octanol–water partition coefficient (Wildman–Crippen LogP) is 0.0240. The van der Waals surface area contributed by atoms with Crippen LogP contribution < -0.4 is 0 Å². The van der Waals surface area contributed by atoms with Crippen molar-refractivity contribution in [2.75, 3.05) is 13.2 Å². The number of aliphatic hydroxyl groups excluding tert-OH is 1. The molecule has 1 N–H and O–H groups in total. The van der Waals surface area contributed by atoms with E-state index < -0.39 is 0 Å². The molecular formula is C7H11NO3. The molecule has 4 heteroatoms. The van der Waals surface area contributed by atoms with Crippen LogP contribution in [0.3, 0.4) is 0 Å². The predicted molar refractivity (Wildman–Crippen MR) is 36.5 cm³/mol. The van der Waals surface area contributed by atoms with E-state index in [9.17, 15) is 0 Å². The van der Waals surface area contributed by atoms with Crippen LogP contribution in [-0.2, 0) is 9.47 Å². The van der Waals surface area contributed by atoms with E-state index >= 15 is 0 Å². The summed E-state index contributed by atoms with van der Waals surface area (Å²) in [7, 11) is 0. The van der Waals surface area contributed by atoms with Gasteiger partial charge in [-0.1, -0.05) is 0 Å². The molecule has 2 unspecified atom stereocenters. The van der Waals surface area contributed by atoms with Crippen molar-refractivity contribution in [2.45, 2.75) is 25.2 Å². The Hall–Kier alpha value is -0.630. The van der Waals surface area contributed by atoms with Crippen molar-refractivity contribution in [3.05, 3.63) is 0 Å². The Labute approximate surface area is 65.3 Å². The van der Waals surface area contributed by atoms with E-state index in [1.165, 1.54) is 0 Å². The quantitative estimate of drug-likeness (QED) is 0.627. The normalized spacial score (nSPS) is 30.2. The van der Waals surface area contributed by atoms with Crippen molar-refractivity contribution in [1.29, 1.82) is 5.26 Å². The third-order valence-electron chi connectivity index (χ3n) is 1.50. The molecule has 0 amide bonds.